The zero-order valence-corrected chi connectivity index (χ0v) is 20.6. The van der Waals surface area contributed by atoms with Crippen LogP contribution in [0.3, 0.4) is 0 Å². The van der Waals surface area contributed by atoms with Crippen molar-refractivity contribution in [3.8, 4) is 0 Å². The number of ether oxygens (including phenoxy) is 2. The highest BCUT2D eigenvalue weighted by molar-refractivity contribution is 8.14. The molecule has 1 saturated heterocycles. The van der Waals surface area contributed by atoms with Gasteiger partial charge in [-0.15, -0.1) is 0 Å². The fourth-order valence-corrected chi connectivity index (χ4v) is 9.80. The first-order chi connectivity index (χ1) is 15.1. The van der Waals surface area contributed by atoms with E-state index in [2.05, 4.69) is 19.9 Å². The average Bonchev–Trinajstić information content (AvgIpc) is 3.22. The second kappa shape index (κ2) is 7.61. The monoisotopic (exact) mass is 460 g/mol. The number of hydrogen-bond acceptors (Lipinski definition) is 6. The van der Waals surface area contributed by atoms with Crippen molar-refractivity contribution in [2.45, 2.75) is 102 Å². The van der Waals surface area contributed by atoms with Gasteiger partial charge in [0, 0.05) is 30.9 Å². The summed E-state index contributed by atoms with van der Waals surface area (Å²) in [7, 11) is 0. The SMILES string of the molecule is CC(=O)O[C@@H]1C=C2C[C@@H](SC(C)=O)[C@@H]3[C@H](CC[C@@]4(C)[C@H]3CC[C@@]43CCC(=O)O3)[C@@]2(C)CC1. The minimum Gasteiger partial charge on any atom is -0.458 e. The lowest BCUT2D eigenvalue weighted by molar-refractivity contribution is -0.167. The summed E-state index contributed by atoms with van der Waals surface area (Å²) in [4.78, 5) is 36.0. The summed E-state index contributed by atoms with van der Waals surface area (Å²) >= 11 is 1.51. The molecular weight excluding hydrogens is 424 g/mol. The van der Waals surface area contributed by atoms with Crippen LogP contribution < -0.4 is 0 Å². The van der Waals surface area contributed by atoms with Crippen molar-refractivity contribution in [3.05, 3.63) is 11.6 Å². The predicted octanol–water partition coefficient (Wildman–Crippen LogP) is 5.21. The molecule has 0 bridgehead atoms. The molecule has 5 nitrogen and oxygen atoms in total. The Balaban J connectivity index is 1.51. The van der Waals surface area contributed by atoms with E-state index in [0.29, 0.717) is 24.2 Å². The fraction of sp³-hybridized carbons (Fsp3) is 0.808. The Morgan fingerprint density at radius 3 is 2.47 bits per heavy atom. The van der Waals surface area contributed by atoms with E-state index in [1.54, 1.807) is 6.92 Å². The van der Waals surface area contributed by atoms with Crippen molar-refractivity contribution in [2.24, 2.45) is 28.6 Å². The van der Waals surface area contributed by atoms with Crippen LogP contribution in [0.15, 0.2) is 11.6 Å². The molecule has 1 heterocycles. The van der Waals surface area contributed by atoms with Crippen LogP contribution in [-0.4, -0.2) is 34.0 Å². The Bertz CT molecular complexity index is 881. The van der Waals surface area contributed by atoms with Gasteiger partial charge in [0.25, 0.3) is 0 Å². The van der Waals surface area contributed by atoms with Crippen LogP contribution in [0.1, 0.15) is 85.5 Å². The fourth-order valence-electron chi connectivity index (χ4n) is 8.57. The van der Waals surface area contributed by atoms with Crippen LogP contribution >= 0.6 is 11.8 Å². The van der Waals surface area contributed by atoms with Gasteiger partial charge in [-0.25, -0.2) is 0 Å². The van der Waals surface area contributed by atoms with Crippen LogP contribution in [0, 0.1) is 28.6 Å². The zero-order chi connectivity index (χ0) is 22.9. The lowest BCUT2D eigenvalue weighted by Gasteiger charge is -2.61. The number of fused-ring (bicyclic) bond motifs is 6. The lowest BCUT2D eigenvalue weighted by atomic mass is 9.46. The molecule has 0 amide bonds. The third-order valence-corrected chi connectivity index (χ3v) is 11.2. The highest BCUT2D eigenvalue weighted by Gasteiger charge is 2.68. The van der Waals surface area contributed by atoms with Gasteiger partial charge >= 0.3 is 11.9 Å². The molecule has 6 heteroatoms. The second-order valence-electron chi connectivity index (χ2n) is 11.4. The Morgan fingerprint density at radius 1 is 1.06 bits per heavy atom. The molecule has 8 atom stereocenters. The maximum absolute atomic E-state index is 12.3. The third kappa shape index (κ3) is 3.22. The molecule has 1 spiro atoms. The molecule has 0 radical (unpaired) electrons. The van der Waals surface area contributed by atoms with Crippen LogP contribution in [-0.2, 0) is 23.9 Å². The summed E-state index contributed by atoms with van der Waals surface area (Å²) < 4.78 is 11.6. The van der Waals surface area contributed by atoms with E-state index in [1.807, 2.05) is 0 Å². The van der Waals surface area contributed by atoms with Gasteiger partial charge in [-0.1, -0.05) is 31.2 Å². The maximum Gasteiger partial charge on any atom is 0.306 e. The quantitative estimate of drug-likeness (QED) is 0.416. The zero-order valence-electron chi connectivity index (χ0n) is 19.8. The topological polar surface area (TPSA) is 69.7 Å². The van der Waals surface area contributed by atoms with E-state index in [-0.39, 0.29) is 44.8 Å². The summed E-state index contributed by atoms with van der Waals surface area (Å²) in [5, 5.41) is 0.419. The highest BCUT2D eigenvalue weighted by Crippen LogP contribution is 2.70. The predicted molar refractivity (Wildman–Crippen MR) is 123 cm³/mol. The van der Waals surface area contributed by atoms with E-state index in [9.17, 15) is 14.4 Å². The van der Waals surface area contributed by atoms with Gasteiger partial charge in [0.15, 0.2) is 5.12 Å². The minimum absolute atomic E-state index is 0.00243. The van der Waals surface area contributed by atoms with E-state index >= 15 is 0 Å². The summed E-state index contributed by atoms with van der Waals surface area (Å²) in [6.45, 7) is 7.95. The normalized spacial score (nSPS) is 47.2. The number of carbonyl (C=O) groups excluding carboxylic acids is 3. The van der Waals surface area contributed by atoms with Crippen molar-refractivity contribution in [3.63, 3.8) is 0 Å². The molecule has 4 aliphatic carbocycles. The highest BCUT2D eigenvalue weighted by atomic mass is 32.2. The molecule has 0 aromatic rings. The molecule has 0 aromatic heterocycles. The lowest BCUT2D eigenvalue weighted by Crippen LogP contribution is -2.58. The van der Waals surface area contributed by atoms with Crippen LogP contribution in [0.25, 0.3) is 0 Å². The summed E-state index contributed by atoms with van der Waals surface area (Å²) in [6, 6.07) is 0. The van der Waals surface area contributed by atoms with Gasteiger partial charge in [-0.3, -0.25) is 14.4 Å². The Kier molecular flexibility index (Phi) is 5.35. The Labute approximate surface area is 195 Å². The first-order valence-corrected chi connectivity index (χ1v) is 13.2. The number of rotatable bonds is 2. The Hall–Kier alpha value is -1.30. The maximum atomic E-state index is 12.3. The first kappa shape index (κ1) is 22.5. The number of hydrogen-bond donors (Lipinski definition) is 0. The van der Waals surface area contributed by atoms with Gasteiger partial charge in [0.1, 0.15) is 11.7 Å². The molecule has 5 aliphatic rings. The van der Waals surface area contributed by atoms with Crippen LogP contribution in [0.5, 0.6) is 0 Å². The van der Waals surface area contributed by atoms with Gasteiger partial charge in [0.05, 0.1) is 0 Å². The minimum atomic E-state index is -0.296. The van der Waals surface area contributed by atoms with E-state index in [4.69, 9.17) is 9.47 Å². The second-order valence-corrected chi connectivity index (χ2v) is 12.8. The summed E-state index contributed by atoms with van der Waals surface area (Å²) in [6.07, 6.45) is 10.5. The van der Waals surface area contributed by atoms with E-state index in [1.165, 1.54) is 24.3 Å². The largest absolute Gasteiger partial charge is 0.458 e. The van der Waals surface area contributed by atoms with Gasteiger partial charge in [-0.2, -0.15) is 0 Å². The molecule has 3 saturated carbocycles. The number of thioether (sulfide) groups is 1. The molecule has 0 N–H and O–H groups in total. The van der Waals surface area contributed by atoms with Crippen molar-refractivity contribution in [1.82, 2.24) is 0 Å². The van der Waals surface area contributed by atoms with Crippen LogP contribution in [0.2, 0.25) is 0 Å². The third-order valence-electron chi connectivity index (χ3n) is 10.0. The van der Waals surface area contributed by atoms with Crippen molar-refractivity contribution >= 4 is 28.8 Å². The van der Waals surface area contributed by atoms with Gasteiger partial charge < -0.3 is 9.47 Å². The Morgan fingerprint density at radius 2 is 1.81 bits per heavy atom. The summed E-state index contributed by atoms with van der Waals surface area (Å²) in [5.74, 6) is 1.19. The average molecular weight is 461 g/mol. The number of allylic oxidation sites excluding steroid dienone is 1. The molecule has 1 aliphatic heterocycles. The number of esters is 2. The smallest absolute Gasteiger partial charge is 0.306 e. The summed E-state index contributed by atoms with van der Waals surface area (Å²) in [5.41, 5.74) is 1.19. The molecular formula is C26H36O5S. The molecule has 4 fully saturated rings. The molecule has 0 unspecified atom stereocenters. The molecule has 5 rings (SSSR count). The van der Waals surface area contributed by atoms with Crippen molar-refractivity contribution in [1.29, 1.82) is 0 Å². The standard InChI is InChI=1S/C26H36O5S/c1-15(27)30-18-5-9-24(3)17(13-18)14-21(32-16(2)28)23-19(24)6-10-25(4)20(23)7-11-26(25)12-8-22(29)31-26/h13,18-21,23H,5-12,14H2,1-4H3/t18-,19-,20-,21+,23+,24-,25-,26+/m0/s1. The van der Waals surface area contributed by atoms with E-state index < -0.39 is 0 Å². The van der Waals surface area contributed by atoms with Crippen molar-refractivity contribution in [2.75, 3.05) is 0 Å². The number of carbonyl (C=O) groups is 3. The molecule has 0 aromatic carbocycles. The van der Waals surface area contributed by atoms with Crippen molar-refractivity contribution < 1.29 is 23.9 Å². The first-order valence-electron chi connectivity index (χ1n) is 12.4. The molecule has 176 valence electrons. The van der Waals surface area contributed by atoms with E-state index in [0.717, 1.165) is 51.4 Å². The van der Waals surface area contributed by atoms with Gasteiger partial charge in [-0.05, 0) is 80.6 Å². The molecule has 32 heavy (non-hydrogen) atoms. The van der Waals surface area contributed by atoms with Crippen LogP contribution in [0.4, 0.5) is 0 Å². The van der Waals surface area contributed by atoms with Gasteiger partial charge in [0.2, 0.25) is 0 Å².